The zero-order chi connectivity index (χ0) is 18.3. The van der Waals surface area contributed by atoms with E-state index in [2.05, 4.69) is 0 Å². The lowest BCUT2D eigenvalue weighted by Gasteiger charge is -2.26. The topological polar surface area (TPSA) is 104 Å². The molecule has 6 nitrogen and oxygen atoms in total. The molecule has 0 aliphatic carbocycles. The van der Waals surface area contributed by atoms with E-state index in [0.29, 0.717) is 5.56 Å². The van der Waals surface area contributed by atoms with Crippen LogP contribution < -0.4 is 0 Å². The maximum Gasteiger partial charge on any atom is 0.338 e. The molecule has 0 saturated heterocycles. The first-order valence-electron chi connectivity index (χ1n) is 7.75. The summed E-state index contributed by atoms with van der Waals surface area (Å²) < 4.78 is 5.12. The summed E-state index contributed by atoms with van der Waals surface area (Å²) in [6.45, 7) is -2.00. The van der Waals surface area contributed by atoms with E-state index in [0.717, 1.165) is 0 Å². The fraction of sp³-hybridized carbons (Fsp3) is 0.263. The molecule has 2 aromatic rings. The average molecular weight is 344 g/mol. The summed E-state index contributed by atoms with van der Waals surface area (Å²) in [6, 6.07) is 14.8. The highest BCUT2D eigenvalue weighted by molar-refractivity contribution is 6.14. The number of ether oxygens (including phenoxy) is 1. The smallest absolute Gasteiger partial charge is 0.338 e. The molecular weight excluding hydrogens is 324 g/mol. The van der Waals surface area contributed by atoms with E-state index in [1.807, 2.05) is 0 Å². The Hall–Kier alpha value is -2.54. The van der Waals surface area contributed by atoms with E-state index >= 15 is 0 Å². The Labute approximate surface area is 145 Å². The Kier molecular flexibility index (Phi) is 6.41. The van der Waals surface area contributed by atoms with Gasteiger partial charge in [0.2, 0.25) is 0 Å². The second kappa shape index (κ2) is 8.53. The van der Waals surface area contributed by atoms with Crippen LogP contribution in [0.1, 0.15) is 26.3 Å². The van der Waals surface area contributed by atoms with Crippen molar-refractivity contribution in [3.8, 4) is 0 Å². The summed E-state index contributed by atoms with van der Waals surface area (Å²) in [4.78, 5) is 25.0. The Morgan fingerprint density at radius 3 is 1.88 bits per heavy atom. The van der Waals surface area contributed by atoms with E-state index in [9.17, 15) is 24.9 Å². The van der Waals surface area contributed by atoms with Gasteiger partial charge in [0.25, 0.3) is 0 Å². The van der Waals surface area contributed by atoms with Gasteiger partial charge in [-0.05, 0) is 6.07 Å². The number of carbonyl (C=O) groups is 2. The molecule has 0 unspecified atom stereocenters. The number of ketones is 1. The van der Waals surface area contributed by atoms with Crippen molar-refractivity contribution in [3.63, 3.8) is 0 Å². The van der Waals surface area contributed by atoms with Gasteiger partial charge in [0, 0.05) is 11.1 Å². The van der Waals surface area contributed by atoms with Crippen LogP contribution in [0, 0.1) is 5.41 Å². The van der Waals surface area contributed by atoms with Crippen molar-refractivity contribution in [2.75, 3.05) is 26.4 Å². The van der Waals surface area contributed by atoms with Crippen LogP contribution in [0.4, 0.5) is 0 Å². The third-order valence-electron chi connectivity index (χ3n) is 3.94. The minimum absolute atomic E-state index is 0.0825. The predicted molar refractivity (Wildman–Crippen MR) is 90.3 cm³/mol. The van der Waals surface area contributed by atoms with Crippen molar-refractivity contribution in [1.29, 1.82) is 0 Å². The Bertz CT molecular complexity index is 713. The molecule has 0 bridgehead atoms. The van der Waals surface area contributed by atoms with Crippen LogP contribution in [0.25, 0.3) is 0 Å². The van der Waals surface area contributed by atoms with E-state index in [1.54, 1.807) is 42.5 Å². The number of hydrogen-bond acceptors (Lipinski definition) is 6. The van der Waals surface area contributed by atoms with Crippen molar-refractivity contribution >= 4 is 11.8 Å². The second-order valence-electron chi connectivity index (χ2n) is 5.79. The monoisotopic (exact) mass is 344 g/mol. The summed E-state index contributed by atoms with van der Waals surface area (Å²) in [6.07, 6.45) is 0. The minimum Gasteiger partial charge on any atom is -0.461 e. The molecule has 2 aromatic carbocycles. The predicted octanol–water partition coefficient (Wildman–Crippen LogP) is 1.04. The largest absolute Gasteiger partial charge is 0.461 e. The first-order chi connectivity index (χ1) is 12.1. The molecule has 0 aliphatic rings. The van der Waals surface area contributed by atoms with Crippen LogP contribution in [0.5, 0.6) is 0 Å². The third-order valence-corrected chi connectivity index (χ3v) is 3.94. The first kappa shape index (κ1) is 18.8. The Morgan fingerprint density at radius 1 is 0.800 bits per heavy atom. The van der Waals surface area contributed by atoms with E-state index in [4.69, 9.17) is 4.74 Å². The molecule has 0 saturated carbocycles. The second-order valence-corrected chi connectivity index (χ2v) is 5.79. The number of esters is 1. The molecule has 25 heavy (non-hydrogen) atoms. The number of carbonyl (C=O) groups excluding carboxylic acids is 2. The van der Waals surface area contributed by atoms with Gasteiger partial charge in [0.05, 0.1) is 30.8 Å². The van der Waals surface area contributed by atoms with Crippen LogP contribution in [0.15, 0.2) is 54.6 Å². The summed E-state index contributed by atoms with van der Waals surface area (Å²) in [5.41, 5.74) is -0.604. The zero-order valence-corrected chi connectivity index (χ0v) is 13.6. The van der Waals surface area contributed by atoms with Crippen LogP contribution in [-0.2, 0) is 4.74 Å². The average Bonchev–Trinajstić information content (AvgIpc) is 2.69. The highest BCUT2D eigenvalue weighted by Gasteiger charge is 2.31. The Balaban J connectivity index is 2.23. The van der Waals surface area contributed by atoms with E-state index in [-0.39, 0.29) is 23.5 Å². The summed E-state index contributed by atoms with van der Waals surface area (Å²) in [5.74, 6) is -1.08. The first-order valence-corrected chi connectivity index (χ1v) is 7.75. The van der Waals surface area contributed by atoms with Gasteiger partial charge in [-0.1, -0.05) is 48.5 Å². The Morgan fingerprint density at radius 2 is 1.32 bits per heavy atom. The summed E-state index contributed by atoms with van der Waals surface area (Å²) in [7, 11) is 0. The number of aliphatic hydroxyl groups is 3. The molecule has 0 radical (unpaired) electrons. The highest BCUT2D eigenvalue weighted by atomic mass is 16.5. The summed E-state index contributed by atoms with van der Waals surface area (Å²) in [5, 5.41) is 27.9. The minimum atomic E-state index is -1.33. The van der Waals surface area contributed by atoms with Gasteiger partial charge < -0.3 is 20.1 Å². The standard InChI is InChI=1S/C19H20O6/c20-10-19(11-21,12-22)13-25-18(24)16-9-5-4-8-15(16)17(23)14-6-2-1-3-7-14/h1-9,20-22H,10-13H2. The van der Waals surface area contributed by atoms with E-state index < -0.39 is 31.2 Å². The van der Waals surface area contributed by atoms with Gasteiger partial charge in [-0.2, -0.15) is 0 Å². The molecule has 0 aromatic heterocycles. The van der Waals surface area contributed by atoms with Gasteiger partial charge in [-0.15, -0.1) is 0 Å². The molecular formula is C19H20O6. The van der Waals surface area contributed by atoms with Crippen molar-refractivity contribution in [3.05, 3.63) is 71.3 Å². The molecule has 132 valence electrons. The fourth-order valence-electron chi connectivity index (χ4n) is 2.19. The van der Waals surface area contributed by atoms with Crippen LogP contribution in [0.3, 0.4) is 0 Å². The van der Waals surface area contributed by atoms with Crippen molar-refractivity contribution in [2.45, 2.75) is 0 Å². The van der Waals surface area contributed by atoms with Gasteiger partial charge in [-0.25, -0.2) is 4.79 Å². The van der Waals surface area contributed by atoms with Gasteiger partial charge >= 0.3 is 5.97 Å². The van der Waals surface area contributed by atoms with Gasteiger partial charge in [-0.3, -0.25) is 4.79 Å². The number of aliphatic hydroxyl groups excluding tert-OH is 3. The van der Waals surface area contributed by atoms with Gasteiger partial charge in [0.1, 0.15) is 6.61 Å². The molecule has 2 rings (SSSR count). The van der Waals surface area contributed by atoms with Crippen molar-refractivity contribution < 1.29 is 29.6 Å². The highest BCUT2D eigenvalue weighted by Crippen LogP contribution is 2.19. The lowest BCUT2D eigenvalue weighted by molar-refractivity contribution is -0.0441. The zero-order valence-electron chi connectivity index (χ0n) is 13.6. The molecule has 0 aliphatic heterocycles. The van der Waals surface area contributed by atoms with Gasteiger partial charge in [0.15, 0.2) is 5.78 Å². The van der Waals surface area contributed by atoms with Crippen molar-refractivity contribution in [2.24, 2.45) is 5.41 Å². The van der Waals surface area contributed by atoms with Crippen molar-refractivity contribution in [1.82, 2.24) is 0 Å². The molecule has 3 N–H and O–H groups in total. The molecule has 0 amide bonds. The molecule has 0 spiro atoms. The number of rotatable bonds is 8. The maximum atomic E-state index is 12.6. The quantitative estimate of drug-likeness (QED) is 0.488. The maximum absolute atomic E-state index is 12.6. The lowest BCUT2D eigenvalue weighted by atomic mass is 9.92. The molecule has 0 atom stereocenters. The molecule has 0 fully saturated rings. The number of hydrogen-bond donors (Lipinski definition) is 3. The normalized spacial score (nSPS) is 11.2. The van der Waals surface area contributed by atoms with Crippen LogP contribution >= 0.6 is 0 Å². The SMILES string of the molecule is O=C(OCC(CO)(CO)CO)c1ccccc1C(=O)c1ccccc1. The van der Waals surface area contributed by atoms with E-state index in [1.165, 1.54) is 12.1 Å². The third kappa shape index (κ3) is 4.30. The fourth-order valence-corrected chi connectivity index (χ4v) is 2.19. The van der Waals surface area contributed by atoms with Crippen LogP contribution in [0.2, 0.25) is 0 Å². The number of benzene rings is 2. The molecule has 0 heterocycles. The summed E-state index contributed by atoms with van der Waals surface area (Å²) >= 11 is 0. The lowest BCUT2D eigenvalue weighted by Crippen LogP contribution is -2.39. The van der Waals surface area contributed by atoms with Crippen LogP contribution in [-0.4, -0.2) is 53.5 Å². The molecule has 6 heteroatoms.